The Morgan fingerprint density at radius 1 is 1.00 bits per heavy atom. The molecule has 0 aliphatic heterocycles. The molecule has 0 amide bonds. The topological polar surface area (TPSA) is 12.0 Å². The van der Waals surface area contributed by atoms with Crippen molar-refractivity contribution >= 4 is 37.5 Å². The molecular weight excluding hydrogens is 380 g/mol. The van der Waals surface area contributed by atoms with Gasteiger partial charge in [0, 0.05) is 16.6 Å². The van der Waals surface area contributed by atoms with E-state index in [1.165, 1.54) is 6.07 Å². The summed E-state index contributed by atoms with van der Waals surface area (Å²) in [5, 5.41) is 3.03. The molecule has 1 nitrogen and oxygen atoms in total. The third-order valence-corrected chi connectivity index (χ3v) is 3.89. The summed E-state index contributed by atoms with van der Waals surface area (Å²) in [6.45, 7) is 1.92. The van der Waals surface area contributed by atoms with Gasteiger partial charge in [-0.05, 0) is 46.6 Å². The van der Waals surface area contributed by atoms with Crippen molar-refractivity contribution in [3.63, 3.8) is 0 Å². The number of hydrogen-bond acceptors (Lipinski definition) is 1. The molecule has 0 saturated carbocycles. The molecule has 0 bridgehead atoms. The van der Waals surface area contributed by atoms with Crippen molar-refractivity contribution in [2.45, 2.75) is 13.0 Å². The van der Waals surface area contributed by atoms with Crippen LogP contribution in [0.1, 0.15) is 18.5 Å². The Morgan fingerprint density at radius 3 is 2.26 bits per heavy atom. The second kappa shape index (κ2) is 6.01. The van der Waals surface area contributed by atoms with E-state index in [0.717, 1.165) is 16.1 Å². The van der Waals surface area contributed by atoms with Crippen LogP contribution in [-0.2, 0) is 0 Å². The Kier molecular flexibility index (Phi) is 4.58. The third-order valence-electron chi connectivity index (χ3n) is 2.75. The lowest BCUT2D eigenvalue weighted by Crippen LogP contribution is -2.08. The van der Waals surface area contributed by atoms with Crippen LogP contribution in [0.3, 0.4) is 0 Å². The molecular formula is C14H11Br2F2N. The van der Waals surface area contributed by atoms with Gasteiger partial charge in [-0.2, -0.15) is 0 Å². The summed E-state index contributed by atoms with van der Waals surface area (Å²) in [5.41, 5.74) is 1.28. The molecule has 2 rings (SSSR count). The van der Waals surface area contributed by atoms with Crippen LogP contribution in [0.15, 0.2) is 45.3 Å². The number of anilines is 1. The first kappa shape index (κ1) is 14.5. The zero-order chi connectivity index (χ0) is 14.0. The Bertz CT molecular complexity index is 585. The molecule has 0 aliphatic carbocycles. The minimum absolute atomic E-state index is 0.0834. The molecule has 0 aromatic heterocycles. The van der Waals surface area contributed by atoms with Crippen molar-refractivity contribution in [2.75, 3.05) is 5.32 Å². The summed E-state index contributed by atoms with van der Waals surface area (Å²) < 4.78 is 28.0. The van der Waals surface area contributed by atoms with Gasteiger partial charge in [0.25, 0.3) is 0 Å². The van der Waals surface area contributed by atoms with E-state index in [-0.39, 0.29) is 16.2 Å². The highest BCUT2D eigenvalue weighted by molar-refractivity contribution is 9.10. The fourth-order valence-electron chi connectivity index (χ4n) is 1.70. The summed E-state index contributed by atoms with van der Waals surface area (Å²) in [6, 6.07) is 9.91. The maximum absolute atomic E-state index is 13.6. The fraction of sp³-hybridized carbons (Fsp3) is 0.143. The highest BCUT2D eigenvalue weighted by atomic mass is 79.9. The largest absolute Gasteiger partial charge is 0.376 e. The van der Waals surface area contributed by atoms with Gasteiger partial charge in [-0.3, -0.25) is 0 Å². The predicted octanol–water partition coefficient (Wildman–Crippen LogP) is 5.66. The third kappa shape index (κ3) is 3.54. The minimum atomic E-state index is -0.612. The van der Waals surface area contributed by atoms with Crippen LogP contribution in [0, 0.1) is 11.6 Å². The summed E-state index contributed by atoms with van der Waals surface area (Å²) in [4.78, 5) is 0. The highest BCUT2D eigenvalue weighted by Crippen LogP contribution is 2.27. The molecule has 2 aromatic rings. The number of benzene rings is 2. The Labute approximate surface area is 127 Å². The zero-order valence-corrected chi connectivity index (χ0v) is 13.2. The lowest BCUT2D eigenvalue weighted by atomic mass is 10.1. The van der Waals surface area contributed by atoms with Gasteiger partial charge in [0.05, 0.1) is 10.2 Å². The first-order valence-electron chi connectivity index (χ1n) is 5.64. The van der Waals surface area contributed by atoms with Gasteiger partial charge in [0.15, 0.2) is 0 Å². The fourth-order valence-corrected chi connectivity index (χ4v) is 2.31. The van der Waals surface area contributed by atoms with Gasteiger partial charge in [-0.15, -0.1) is 0 Å². The van der Waals surface area contributed by atoms with E-state index in [4.69, 9.17) is 0 Å². The standard InChI is InChI=1S/C14H11Br2F2N/c1-8(9-2-4-10(15)5-3-9)19-14-6-11(16)12(17)7-13(14)18/h2-8,19H,1H3. The van der Waals surface area contributed by atoms with Crippen molar-refractivity contribution in [3.05, 3.63) is 62.5 Å². The summed E-state index contributed by atoms with van der Waals surface area (Å²) in [5.74, 6) is -1.22. The van der Waals surface area contributed by atoms with Gasteiger partial charge in [0.1, 0.15) is 11.6 Å². The van der Waals surface area contributed by atoms with E-state index < -0.39 is 11.6 Å². The van der Waals surface area contributed by atoms with E-state index in [1.807, 2.05) is 31.2 Å². The molecule has 19 heavy (non-hydrogen) atoms. The van der Waals surface area contributed by atoms with Crippen LogP contribution in [0.25, 0.3) is 0 Å². The maximum atomic E-state index is 13.6. The smallest absolute Gasteiger partial charge is 0.149 e. The van der Waals surface area contributed by atoms with Crippen LogP contribution in [-0.4, -0.2) is 0 Å². The van der Waals surface area contributed by atoms with Crippen LogP contribution < -0.4 is 5.32 Å². The second-order valence-corrected chi connectivity index (χ2v) is 5.93. The quantitative estimate of drug-likeness (QED) is 0.666. The molecule has 0 heterocycles. The van der Waals surface area contributed by atoms with Gasteiger partial charge in [-0.25, -0.2) is 8.78 Å². The van der Waals surface area contributed by atoms with Crippen molar-refractivity contribution < 1.29 is 8.78 Å². The summed E-state index contributed by atoms with van der Waals surface area (Å²) >= 11 is 6.41. The molecule has 2 aromatic carbocycles. The van der Waals surface area contributed by atoms with E-state index in [2.05, 4.69) is 37.2 Å². The molecule has 100 valence electrons. The molecule has 0 saturated heterocycles. The minimum Gasteiger partial charge on any atom is -0.376 e. The molecule has 1 unspecified atom stereocenters. The van der Waals surface area contributed by atoms with Crippen LogP contribution in [0.2, 0.25) is 0 Å². The molecule has 1 N–H and O–H groups in total. The van der Waals surface area contributed by atoms with E-state index in [1.54, 1.807) is 0 Å². The van der Waals surface area contributed by atoms with Crippen LogP contribution >= 0.6 is 31.9 Å². The predicted molar refractivity (Wildman–Crippen MR) is 80.2 cm³/mol. The molecule has 5 heteroatoms. The van der Waals surface area contributed by atoms with E-state index in [0.29, 0.717) is 0 Å². The number of hydrogen-bond donors (Lipinski definition) is 1. The number of rotatable bonds is 3. The Morgan fingerprint density at radius 2 is 1.63 bits per heavy atom. The van der Waals surface area contributed by atoms with Crippen molar-refractivity contribution in [1.82, 2.24) is 0 Å². The second-order valence-electron chi connectivity index (χ2n) is 4.16. The normalized spacial score (nSPS) is 12.3. The lowest BCUT2D eigenvalue weighted by molar-refractivity contribution is 0.579. The molecule has 1 atom stereocenters. The number of nitrogens with one attached hydrogen (secondary N) is 1. The molecule has 0 radical (unpaired) electrons. The maximum Gasteiger partial charge on any atom is 0.149 e. The highest BCUT2D eigenvalue weighted by Gasteiger charge is 2.11. The average Bonchev–Trinajstić information content (AvgIpc) is 2.36. The summed E-state index contributed by atoms with van der Waals surface area (Å²) in [7, 11) is 0. The SMILES string of the molecule is CC(Nc1cc(Br)c(F)cc1F)c1ccc(Br)cc1. The Hall–Kier alpha value is -0.940. The average molecular weight is 391 g/mol. The van der Waals surface area contributed by atoms with Crippen LogP contribution in [0.4, 0.5) is 14.5 Å². The van der Waals surface area contributed by atoms with Crippen LogP contribution in [0.5, 0.6) is 0 Å². The monoisotopic (exact) mass is 389 g/mol. The van der Waals surface area contributed by atoms with Gasteiger partial charge in [-0.1, -0.05) is 28.1 Å². The first-order chi connectivity index (χ1) is 8.97. The Balaban J connectivity index is 2.21. The molecule has 0 fully saturated rings. The van der Waals surface area contributed by atoms with Gasteiger partial charge in [0.2, 0.25) is 0 Å². The summed E-state index contributed by atoms with van der Waals surface area (Å²) in [6.07, 6.45) is 0. The van der Waals surface area contributed by atoms with Gasteiger partial charge >= 0.3 is 0 Å². The van der Waals surface area contributed by atoms with Crippen molar-refractivity contribution in [2.24, 2.45) is 0 Å². The van der Waals surface area contributed by atoms with E-state index >= 15 is 0 Å². The van der Waals surface area contributed by atoms with E-state index in [9.17, 15) is 8.78 Å². The lowest BCUT2D eigenvalue weighted by Gasteiger charge is -2.16. The molecule has 0 aliphatic rings. The van der Waals surface area contributed by atoms with Crippen molar-refractivity contribution in [3.8, 4) is 0 Å². The molecule has 0 spiro atoms. The van der Waals surface area contributed by atoms with Crippen molar-refractivity contribution in [1.29, 1.82) is 0 Å². The zero-order valence-electron chi connectivity index (χ0n) is 10.1. The van der Waals surface area contributed by atoms with Gasteiger partial charge < -0.3 is 5.32 Å². The first-order valence-corrected chi connectivity index (χ1v) is 7.22. The number of halogens is 4.